The molecule has 0 unspecified atom stereocenters. The van der Waals surface area contributed by atoms with Crippen molar-refractivity contribution in [2.24, 2.45) is 0 Å². The third-order valence-corrected chi connectivity index (χ3v) is 56.5. The minimum atomic E-state index is -2.28. The van der Waals surface area contributed by atoms with Crippen molar-refractivity contribution in [3.05, 3.63) is 0 Å². The maximum absolute atomic E-state index is 2.75. The third kappa shape index (κ3) is 0.0409. The molecule has 0 aromatic carbocycles. The van der Waals surface area contributed by atoms with Gasteiger partial charge in [-0.15, -0.1) is 0 Å². The Morgan fingerprint density at radius 1 is 0.571 bits per heavy atom. The van der Waals surface area contributed by atoms with E-state index in [9.17, 15) is 0 Å². The average Bonchev–Trinajstić information content (AvgIpc) is 3.15. The molecular formula is C12H17FeN. The average molecular weight is 231 g/mol. The van der Waals surface area contributed by atoms with Crippen molar-refractivity contribution in [2.45, 2.75) is 48.2 Å². The summed E-state index contributed by atoms with van der Waals surface area (Å²) in [6.07, 6.45) is 0. The van der Waals surface area contributed by atoms with E-state index in [-0.39, 0.29) is 0 Å². The standard InChI is InChI=1S/2C5H5.C2H7N.Fe/c2*1-2-4-5-3-1;1-3-2;/h2*1-5H;3H,1-2H3;. The van der Waals surface area contributed by atoms with Crippen LogP contribution in [0.3, 0.4) is 0 Å². The first-order chi connectivity index (χ1) is 6.57. The molecule has 10 saturated heterocycles. The summed E-state index contributed by atoms with van der Waals surface area (Å²) in [5.41, 5.74) is 0. The quantitative estimate of drug-likeness (QED) is 0.631. The van der Waals surface area contributed by atoms with Crippen LogP contribution in [0.4, 0.5) is 0 Å². The van der Waals surface area contributed by atoms with Gasteiger partial charge in [-0.2, -0.15) is 0 Å². The zero-order valence-corrected chi connectivity index (χ0v) is 9.73. The Hall–Kier alpha value is 0.479. The molecule has 0 saturated carbocycles. The molecule has 10 aliphatic rings. The van der Waals surface area contributed by atoms with Gasteiger partial charge in [-0.25, -0.2) is 0 Å². The Balaban J connectivity index is 0.000000151. The van der Waals surface area contributed by atoms with Crippen LogP contribution in [0.1, 0.15) is 0 Å². The van der Waals surface area contributed by atoms with Gasteiger partial charge in [-0.1, -0.05) is 0 Å². The Bertz CT molecular complexity index is 593. The maximum atomic E-state index is 2.75. The summed E-state index contributed by atoms with van der Waals surface area (Å²) >= 11 is 0. The molecule has 0 bridgehead atoms. The molecule has 1 N–H and O–H groups in total. The summed E-state index contributed by atoms with van der Waals surface area (Å²) in [7, 11) is 3.75. The Morgan fingerprint density at radius 3 is 0.714 bits per heavy atom. The first kappa shape index (κ1) is 5.21. The van der Waals surface area contributed by atoms with E-state index in [1.807, 2.05) is 14.1 Å². The molecule has 1 nitrogen and oxygen atoms in total. The van der Waals surface area contributed by atoms with Crippen LogP contribution in [0.5, 0.6) is 0 Å². The second-order valence-electron chi connectivity index (χ2n) is 10.1. The molecule has 0 amide bonds. The molecule has 10 aliphatic heterocycles. The molecule has 0 atom stereocenters. The van der Waals surface area contributed by atoms with E-state index in [1.165, 1.54) is 0 Å². The number of hydrogen-bond donors (Lipinski definition) is 1. The van der Waals surface area contributed by atoms with Gasteiger partial charge in [-0.05, 0) is 14.1 Å². The molecule has 10 rings (SSSR count). The summed E-state index contributed by atoms with van der Waals surface area (Å²) in [6, 6.07) is 0. The van der Waals surface area contributed by atoms with Gasteiger partial charge in [0, 0.05) is 0 Å². The molecule has 78 valence electrons. The van der Waals surface area contributed by atoms with Crippen LogP contribution in [-0.2, 0) is 6.51 Å². The van der Waals surface area contributed by atoms with E-state index >= 15 is 0 Å². The van der Waals surface area contributed by atoms with Crippen molar-refractivity contribution in [2.75, 3.05) is 14.1 Å². The Morgan fingerprint density at radius 2 is 0.714 bits per heavy atom. The molecule has 0 aromatic rings. The predicted octanol–water partition coefficient (Wildman–Crippen LogP) is 3.21. The fraction of sp³-hybridized carbons (Fsp3) is 1.00. The Labute approximate surface area is 74.3 Å². The first-order valence-corrected chi connectivity index (χ1v) is 12.7. The van der Waals surface area contributed by atoms with Gasteiger partial charge in [0.2, 0.25) is 0 Å². The molecule has 10 fully saturated rings. The van der Waals surface area contributed by atoms with Gasteiger partial charge in [-0.3, -0.25) is 0 Å². The van der Waals surface area contributed by atoms with E-state index in [2.05, 4.69) is 5.32 Å². The van der Waals surface area contributed by atoms with Crippen LogP contribution >= 0.6 is 0 Å². The molecule has 1 spiro atoms. The van der Waals surface area contributed by atoms with Gasteiger partial charge < -0.3 is 5.32 Å². The fourth-order valence-corrected chi connectivity index (χ4v) is 88.0. The molecule has 0 radical (unpaired) electrons. The normalized spacial score (nSPS) is 136. The van der Waals surface area contributed by atoms with Crippen molar-refractivity contribution in [3.8, 4) is 0 Å². The fourth-order valence-electron chi connectivity index (χ4n) is 15.8. The van der Waals surface area contributed by atoms with Crippen molar-refractivity contribution >= 4 is 0 Å². The Kier molecular flexibility index (Phi) is 0.133. The summed E-state index contributed by atoms with van der Waals surface area (Å²) in [4.78, 5) is 15.9. The van der Waals surface area contributed by atoms with Gasteiger partial charge in [0.15, 0.2) is 0 Å². The van der Waals surface area contributed by atoms with Crippen LogP contribution in [-0.4, -0.2) is 14.1 Å². The van der Waals surface area contributed by atoms with E-state index in [0.29, 0.717) is 0 Å². The molecular weight excluding hydrogens is 214 g/mol. The molecule has 10 heterocycles. The monoisotopic (exact) mass is 231 g/mol. The zero-order chi connectivity index (χ0) is 8.80. The summed E-state index contributed by atoms with van der Waals surface area (Å²) in [6.45, 7) is -2.28. The van der Waals surface area contributed by atoms with E-state index < -0.39 is 6.51 Å². The molecule has 2 heteroatoms. The first-order valence-electron chi connectivity index (χ1n) is 6.37. The molecule has 14 heavy (non-hydrogen) atoms. The van der Waals surface area contributed by atoms with Crippen molar-refractivity contribution in [1.82, 2.24) is 5.32 Å². The van der Waals surface area contributed by atoms with Gasteiger partial charge in [0.05, 0.1) is 0 Å². The topological polar surface area (TPSA) is 12.0 Å². The van der Waals surface area contributed by atoms with Crippen LogP contribution in [0, 0.1) is 0 Å². The third-order valence-electron chi connectivity index (χ3n) is 14.5. The van der Waals surface area contributed by atoms with Crippen LogP contribution in [0.2, 0.25) is 48.2 Å². The second-order valence-corrected chi connectivity index (χ2v) is 34.0. The summed E-state index contributed by atoms with van der Waals surface area (Å²) < 4.78 is 0. The summed E-state index contributed by atoms with van der Waals surface area (Å²) in [5, 5.41) is 2.75. The molecule has 0 aliphatic carbocycles. The van der Waals surface area contributed by atoms with Gasteiger partial charge >= 0.3 is 54.7 Å². The van der Waals surface area contributed by atoms with Crippen molar-refractivity contribution in [3.63, 3.8) is 0 Å². The number of nitrogens with one attached hydrogen (secondary N) is 1. The second kappa shape index (κ2) is 0.359. The SMILES string of the molecule is CNC.[CH]12[CH]3[CH]4[CH]5[CH]1[Fe]23451678[CH]2[CH]1[CH]6[CH]7[CH]28. The van der Waals surface area contributed by atoms with Crippen molar-refractivity contribution < 1.29 is 6.51 Å². The van der Waals surface area contributed by atoms with Gasteiger partial charge in [0.25, 0.3) is 0 Å². The van der Waals surface area contributed by atoms with Crippen molar-refractivity contribution in [1.29, 1.82) is 0 Å². The summed E-state index contributed by atoms with van der Waals surface area (Å²) in [5.74, 6) is 0. The molecule has 0 aromatic heterocycles. The van der Waals surface area contributed by atoms with E-state index in [0.717, 1.165) is 0 Å². The number of rotatable bonds is 0. The van der Waals surface area contributed by atoms with Crippen LogP contribution in [0.25, 0.3) is 0 Å². The predicted molar refractivity (Wildman–Crippen MR) is 52.5 cm³/mol. The van der Waals surface area contributed by atoms with Crippen LogP contribution < -0.4 is 5.32 Å². The minimum absolute atomic E-state index is 1.59. The van der Waals surface area contributed by atoms with E-state index in [1.54, 1.807) is 48.2 Å². The number of fused-ring (bicyclic) bond motifs is 10. The zero-order valence-electron chi connectivity index (χ0n) is 8.63. The number of hydrogen-bond acceptors (Lipinski definition) is 1. The van der Waals surface area contributed by atoms with Crippen LogP contribution in [0.15, 0.2) is 0 Å². The van der Waals surface area contributed by atoms with Gasteiger partial charge in [0.1, 0.15) is 0 Å². The van der Waals surface area contributed by atoms with E-state index in [4.69, 9.17) is 0 Å².